The number of carbonyl (C=O) groups excluding carboxylic acids is 1. The molecule has 168 valence electrons. The molecule has 1 aliphatic rings. The number of alkyl halides is 3. The summed E-state index contributed by atoms with van der Waals surface area (Å²) in [7, 11) is 0. The number of benzene rings is 2. The fourth-order valence-electron chi connectivity index (χ4n) is 3.46. The summed E-state index contributed by atoms with van der Waals surface area (Å²) >= 11 is 6.03. The average Bonchev–Trinajstić information content (AvgIpc) is 2.73. The molecule has 2 unspecified atom stereocenters. The summed E-state index contributed by atoms with van der Waals surface area (Å²) in [6, 6.07) is 9.84. The topological polar surface area (TPSA) is 53.6 Å². The van der Waals surface area contributed by atoms with E-state index in [1.54, 1.807) is 19.1 Å². The van der Waals surface area contributed by atoms with Crippen molar-refractivity contribution in [3.63, 3.8) is 0 Å². The Morgan fingerprint density at radius 2 is 1.84 bits per heavy atom. The summed E-state index contributed by atoms with van der Waals surface area (Å²) in [5.41, 5.74) is 0.762. The van der Waals surface area contributed by atoms with E-state index in [0.29, 0.717) is 37.0 Å². The molecule has 2 atom stereocenters. The van der Waals surface area contributed by atoms with Gasteiger partial charge in [0, 0.05) is 24.2 Å². The van der Waals surface area contributed by atoms with Gasteiger partial charge in [0.25, 0.3) is 0 Å². The molecule has 31 heavy (non-hydrogen) atoms. The molecule has 1 heterocycles. The van der Waals surface area contributed by atoms with Gasteiger partial charge in [0.2, 0.25) is 5.91 Å². The van der Waals surface area contributed by atoms with Crippen LogP contribution in [0.2, 0.25) is 5.02 Å². The number of hydrogen-bond donors (Lipinski definition) is 2. The van der Waals surface area contributed by atoms with Gasteiger partial charge in [-0.25, -0.2) is 0 Å². The molecular weight excluding hydrogens is 431 g/mol. The smallest absolute Gasteiger partial charge is 0.378 e. The van der Waals surface area contributed by atoms with E-state index in [9.17, 15) is 18.0 Å². The zero-order chi connectivity index (χ0) is 22.6. The summed E-state index contributed by atoms with van der Waals surface area (Å²) in [6.45, 7) is 5.58. The lowest BCUT2D eigenvalue weighted by Gasteiger charge is -2.31. The van der Waals surface area contributed by atoms with Gasteiger partial charge in [0.05, 0.1) is 36.2 Å². The van der Waals surface area contributed by atoms with Crippen LogP contribution in [-0.2, 0) is 15.7 Å². The quantitative estimate of drug-likeness (QED) is 0.652. The highest BCUT2D eigenvalue weighted by Gasteiger charge is 2.32. The Morgan fingerprint density at radius 1 is 1.13 bits per heavy atom. The minimum Gasteiger partial charge on any atom is -0.378 e. The number of amides is 1. The molecule has 2 aromatic carbocycles. The minimum atomic E-state index is -4.51. The number of nitrogens with one attached hydrogen (secondary N) is 2. The molecule has 0 aromatic heterocycles. The molecule has 1 saturated heterocycles. The van der Waals surface area contributed by atoms with Gasteiger partial charge in [0.15, 0.2) is 0 Å². The first-order valence-electron chi connectivity index (χ1n) is 10.0. The number of ether oxygens (including phenoxy) is 1. The number of nitrogens with zero attached hydrogens (tertiary/aromatic N) is 1. The van der Waals surface area contributed by atoms with Crippen molar-refractivity contribution in [1.82, 2.24) is 5.32 Å². The van der Waals surface area contributed by atoms with Crippen LogP contribution in [-0.4, -0.2) is 38.3 Å². The molecule has 1 amide bonds. The molecule has 3 rings (SSSR count). The maximum Gasteiger partial charge on any atom is 0.416 e. The Morgan fingerprint density at radius 3 is 2.48 bits per heavy atom. The third kappa shape index (κ3) is 6.12. The fourth-order valence-corrected chi connectivity index (χ4v) is 3.66. The van der Waals surface area contributed by atoms with Crippen molar-refractivity contribution in [1.29, 1.82) is 0 Å². The summed E-state index contributed by atoms with van der Waals surface area (Å²) < 4.78 is 45.1. The molecule has 0 spiro atoms. The molecule has 1 fully saturated rings. The molecule has 0 saturated carbocycles. The van der Waals surface area contributed by atoms with Crippen LogP contribution in [0.5, 0.6) is 0 Å². The van der Waals surface area contributed by atoms with Crippen LogP contribution in [0.3, 0.4) is 0 Å². The number of anilines is 2. The van der Waals surface area contributed by atoms with Gasteiger partial charge in [-0.1, -0.05) is 23.7 Å². The molecule has 0 aliphatic carbocycles. The van der Waals surface area contributed by atoms with Gasteiger partial charge in [0.1, 0.15) is 0 Å². The predicted molar refractivity (Wildman–Crippen MR) is 116 cm³/mol. The molecule has 0 bridgehead atoms. The second-order valence-corrected chi connectivity index (χ2v) is 7.92. The number of halogens is 4. The lowest BCUT2D eigenvalue weighted by molar-refractivity contribution is -0.137. The molecule has 9 heteroatoms. The standard InChI is InChI=1S/C22H25ClF3N3O2/c1-14(16-4-3-5-18(23)12-16)27-15(2)21(30)28-19-13-17(22(24,25)26)6-7-20(19)29-8-10-31-11-9-29/h3-7,12-15,27H,8-11H2,1-2H3,(H,28,30). The monoisotopic (exact) mass is 455 g/mol. The van der Waals surface area contributed by atoms with Gasteiger partial charge in [-0.2, -0.15) is 13.2 Å². The normalized spacial score (nSPS) is 16.6. The third-order valence-corrected chi connectivity index (χ3v) is 5.41. The zero-order valence-electron chi connectivity index (χ0n) is 17.3. The highest BCUT2D eigenvalue weighted by Crippen LogP contribution is 2.36. The second kappa shape index (κ2) is 9.89. The van der Waals surface area contributed by atoms with E-state index in [4.69, 9.17) is 16.3 Å². The Balaban J connectivity index is 1.77. The fraction of sp³-hybridized carbons (Fsp3) is 0.409. The first-order chi connectivity index (χ1) is 14.6. The van der Waals surface area contributed by atoms with Crippen LogP contribution in [0.25, 0.3) is 0 Å². The van der Waals surface area contributed by atoms with E-state index in [2.05, 4.69) is 10.6 Å². The highest BCUT2D eigenvalue weighted by atomic mass is 35.5. The largest absolute Gasteiger partial charge is 0.416 e. The number of morpholine rings is 1. The van der Waals surface area contributed by atoms with E-state index in [1.165, 1.54) is 6.07 Å². The Labute approximate surface area is 184 Å². The summed E-state index contributed by atoms with van der Waals surface area (Å²) in [5.74, 6) is -0.428. The second-order valence-electron chi connectivity index (χ2n) is 7.48. The van der Waals surface area contributed by atoms with E-state index in [1.807, 2.05) is 24.0 Å². The lowest BCUT2D eigenvalue weighted by Crippen LogP contribution is -2.40. The van der Waals surface area contributed by atoms with Crippen LogP contribution < -0.4 is 15.5 Å². The highest BCUT2D eigenvalue weighted by molar-refractivity contribution is 6.30. The third-order valence-electron chi connectivity index (χ3n) is 5.18. The van der Waals surface area contributed by atoms with E-state index in [0.717, 1.165) is 17.7 Å². The minimum absolute atomic E-state index is 0.130. The van der Waals surface area contributed by atoms with E-state index < -0.39 is 23.7 Å². The first-order valence-corrected chi connectivity index (χ1v) is 10.4. The van der Waals surface area contributed by atoms with Gasteiger partial charge < -0.3 is 15.0 Å². The van der Waals surface area contributed by atoms with Crippen molar-refractivity contribution >= 4 is 28.9 Å². The molecule has 0 radical (unpaired) electrons. The lowest BCUT2D eigenvalue weighted by atomic mass is 10.1. The van der Waals surface area contributed by atoms with Crippen molar-refractivity contribution in [2.24, 2.45) is 0 Å². The predicted octanol–water partition coefficient (Wildman–Crippen LogP) is 4.87. The van der Waals surface area contributed by atoms with Crippen molar-refractivity contribution in [3.05, 3.63) is 58.6 Å². The number of rotatable bonds is 6. The molecule has 2 aromatic rings. The molecular formula is C22H25ClF3N3O2. The van der Waals surface area contributed by atoms with Crippen LogP contribution in [0.4, 0.5) is 24.5 Å². The molecule has 5 nitrogen and oxygen atoms in total. The maximum atomic E-state index is 13.3. The zero-order valence-corrected chi connectivity index (χ0v) is 18.1. The van der Waals surface area contributed by atoms with Crippen molar-refractivity contribution < 1.29 is 22.7 Å². The van der Waals surface area contributed by atoms with Crippen LogP contribution in [0, 0.1) is 0 Å². The summed E-state index contributed by atoms with van der Waals surface area (Å²) in [5, 5.41) is 6.42. The van der Waals surface area contributed by atoms with Crippen LogP contribution in [0.15, 0.2) is 42.5 Å². The van der Waals surface area contributed by atoms with Crippen molar-refractivity contribution in [3.8, 4) is 0 Å². The van der Waals surface area contributed by atoms with Crippen molar-refractivity contribution in [2.45, 2.75) is 32.1 Å². The molecule has 1 aliphatic heterocycles. The van der Waals surface area contributed by atoms with Crippen molar-refractivity contribution in [2.75, 3.05) is 36.5 Å². The Hall–Kier alpha value is -2.29. The van der Waals surface area contributed by atoms with Gasteiger partial charge in [-0.3, -0.25) is 10.1 Å². The number of hydrogen-bond acceptors (Lipinski definition) is 4. The van der Waals surface area contributed by atoms with Crippen LogP contribution >= 0.6 is 11.6 Å². The number of carbonyl (C=O) groups is 1. The summed E-state index contributed by atoms with van der Waals surface area (Å²) in [4.78, 5) is 14.7. The van der Waals surface area contributed by atoms with Gasteiger partial charge in [-0.05, 0) is 49.7 Å². The SMILES string of the molecule is CC(NC(C)c1cccc(Cl)c1)C(=O)Nc1cc(C(F)(F)F)ccc1N1CCOCC1. The molecule has 2 N–H and O–H groups in total. The van der Waals surface area contributed by atoms with Gasteiger partial charge in [-0.15, -0.1) is 0 Å². The van der Waals surface area contributed by atoms with E-state index >= 15 is 0 Å². The summed E-state index contributed by atoms with van der Waals surface area (Å²) in [6.07, 6.45) is -4.51. The average molecular weight is 456 g/mol. The Bertz CT molecular complexity index is 917. The first kappa shape index (κ1) is 23.4. The van der Waals surface area contributed by atoms with Gasteiger partial charge >= 0.3 is 6.18 Å². The maximum absolute atomic E-state index is 13.3. The van der Waals surface area contributed by atoms with Crippen LogP contribution in [0.1, 0.15) is 31.0 Å². The Kier molecular flexibility index (Phi) is 7.46. The van der Waals surface area contributed by atoms with E-state index in [-0.39, 0.29) is 11.7 Å².